The number of fused-ring (bicyclic) bond motifs is 1. The van der Waals surface area contributed by atoms with Crippen LogP contribution in [0.3, 0.4) is 0 Å². The summed E-state index contributed by atoms with van der Waals surface area (Å²) in [6, 6.07) is 3.57. The van der Waals surface area contributed by atoms with Crippen LogP contribution in [0, 0.1) is 0 Å². The van der Waals surface area contributed by atoms with Crippen molar-refractivity contribution in [2.45, 2.75) is 13.0 Å². The quantitative estimate of drug-likeness (QED) is 0.758. The van der Waals surface area contributed by atoms with E-state index in [2.05, 4.69) is 25.1 Å². The lowest BCUT2D eigenvalue weighted by Gasteiger charge is -2.24. The van der Waals surface area contributed by atoms with Crippen molar-refractivity contribution in [2.75, 3.05) is 6.54 Å². The van der Waals surface area contributed by atoms with Gasteiger partial charge in [-0.1, -0.05) is 0 Å². The molecule has 0 spiro atoms. The second-order valence-corrected chi connectivity index (χ2v) is 4.96. The molecule has 3 aromatic heterocycles. The second kappa shape index (κ2) is 5.06. The van der Waals surface area contributed by atoms with Gasteiger partial charge in [0.25, 0.3) is 0 Å². The van der Waals surface area contributed by atoms with E-state index in [1.54, 1.807) is 35.8 Å². The van der Waals surface area contributed by atoms with Crippen LogP contribution in [0.1, 0.15) is 22.1 Å². The third-order valence-electron chi connectivity index (χ3n) is 3.58. The van der Waals surface area contributed by atoms with Gasteiger partial charge in [-0.15, -0.1) is 10.2 Å². The molecule has 0 fully saturated rings. The zero-order valence-corrected chi connectivity index (χ0v) is 11.6. The minimum absolute atomic E-state index is 0.0122. The SMILES string of the molecule is O=C(c1nnc(-c2cccnc2)o1)N1CCc2nc[nH]c2C1. The van der Waals surface area contributed by atoms with Crippen LogP contribution in [0.2, 0.25) is 0 Å². The molecule has 22 heavy (non-hydrogen) atoms. The van der Waals surface area contributed by atoms with Crippen LogP contribution in [-0.2, 0) is 13.0 Å². The molecule has 0 radical (unpaired) electrons. The fourth-order valence-corrected chi connectivity index (χ4v) is 2.44. The molecule has 0 aromatic carbocycles. The summed E-state index contributed by atoms with van der Waals surface area (Å²) < 4.78 is 5.47. The molecule has 0 aliphatic carbocycles. The Kier molecular flexibility index (Phi) is 2.92. The number of carbonyl (C=O) groups is 1. The molecule has 110 valence electrons. The average molecular weight is 296 g/mol. The van der Waals surface area contributed by atoms with Crippen molar-refractivity contribution in [2.24, 2.45) is 0 Å². The van der Waals surface area contributed by atoms with E-state index in [4.69, 9.17) is 4.42 Å². The van der Waals surface area contributed by atoms with Crippen LogP contribution in [-0.4, -0.2) is 42.5 Å². The molecule has 8 nitrogen and oxygen atoms in total. The lowest BCUT2D eigenvalue weighted by Crippen LogP contribution is -2.36. The highest BCUT2D eigenvalue weighted by Gasteiger charge is 2.27. The van der Waals surface area contributed by atoms with Crippen LogP contribution in [0.4, 0.5) is 0 Å². The highest BCUT2D eigenvalue weighted by Crippen LogP contribution is 2.20. The fourth-order valence-electron chi connectivity index (χ4n) is 2.44. The Hall–Kier alpha value is -3.03. The Morgan fingerprint density at radius 1 is 1.36 bits per heavy atom. The predicted octanol–water partition coefficient (Wildman–Crippen LogP) is 1.05. The van der Waals surface area contributed by atoms with Gasteiger partial charge >= 0.3 is 11.8 Å². The Labute approximate surface area is 125 Å². The maximum absolute atomic E-state index is 12.5. The van der Waals surface area contributed by atoms with Crippen molar-refractivity contribution in [1.29, 1.82) is 0 Å². The summed E-state index contributed by atoms with van der Waals surface area (Å²) in [7, 11) is 0. The van der Waals surface area contributed by atoms with Crippen molar-refractivity contribution in [3.05, 3.63) is 48.1 Å². The summed E-state index contributed by atoms with van der Waals surface area (Å²) in [5.41, 5.74) is 2.64. The summed E-state index contributed by atoms with van der Waals surface area (Å²) in [6.45, 7) is 1.06. The molecular weight excluding hydrogens is 284 g/mol. The maximum atomic E-state index is 12.5. The van der Waals surface area contributed by atoms with E-state index in [1.165, 1.54) is 0 Å². The molecule has 1 aliphatic heterocycles. The molecule has 1 N–H and O–H groups in total. The molecule has 0 saturated heterocycles. The van der Waals surface area contributed by atoms with Crippen molar-refractivity contribution < 1.29 is 9.21 Å². The highest BCUT2D eigenvalue weighted by molar-refractivity contribution is 5.89. The molecule has 4 rings (SSSR count). The Morgan fingerprint density at radius 3 is 3.18 bits per heavy atom. The lowest BCUT2D eigenvalue weighted by atomic mass is 10.1. The third-order valence-corrected chi connectivity index (χ3v) is 3.58. The average Bonchev–Trinajstić information content (AvgIpc) is 3.23. The molecule has 3 aromatic rings. The Bertz CT molecular complexity index is 810. The second-order valence-electron chi connectivity index (χ2n) is 4.96. The number of aromatic nitrogens is 5. The fraction of sp³-hybridized carbons (Fsp3) is 0.214. The number of carbonyl (C=O) groups excluding carboxylic acids is 1. The van der Waals surface area contributed by atoms with Gasteiger partial charge in [0.05, 0.1) is 29.8 Å². The van der Waals surface area contributed by atoms with Gasteiger partial charge in [-0.05, 0) is 12.1 Å². The molecular formula is C14H12N6O2. The van der Waals surface area contributed by atoms with E-state index in [1.807, 2.05) is 0 Å². The largest absolute Gasteiger partial charge is 0.412 e. The van der Waals surface area contributed by atoms with E-state index in [-0.39, 0.29) is 17.7 Å². The van der Waals surface area contributed by atoms with Crippen LogP contribution in [0.25, 0.3) is 11.5 Å². The summed E-state index contributed by atoms with van der Waals surface area (Å²) >= 11 is 0. The van der Waals surface area contributed by atoms with Gasteiger partial charge in [-0.25, -0.2) is 4.98 Å². The summed E-state index contributed by atoms with van der Waals surface area (Å²) in [5, 5.41) is 7.76. The first kappa shape index (κ1) is 12.7. The normalized spacial score (nSPS) is 13.9. The van der Waals surface area contributed by atoms with Crippen LogP contribution in [0.15, 0.2) is 35.3 Å². The van der Waals surface area contributed by atoms with Crippen LogP contribution >= 0.6 is 0 Å². The summed E-state index contributed by atoms with van der Waals surface area (Å²) in [5.74, 6) is 0.000368. The first-order valence-electron chi connectivity index (χ1n) is 6.85. The molecule has 1 aliphatic rings. The first-order chi connectivity index (χ1) is 10.8. The number of hydrogen-bond donors (Lipinski definition) is 1. The van der Waals surface area contributed by atoms with Crippen LogP contribution < -0.4 is 0 Å². The topological polar surface area (TPSA) is 101 Å². The highest BCUT2D eigenvalue weighted by atomic mass is 16.4. The number of H-pyrrole nitrogens is 1. The van der Waals surface area contributed by atoms with Gasteiger partial charge in [0.1, 0.15) is 0 Å². The van der Waals surface area contributed by atoms with E-state index in [0.29, 0.717) is 25.1 Å². The zero-order chi connectivity index (χ0) is 14.9. The first-order valence-corrected chi connectivity index (χ1v) is 6.85. The van der Waals surface area contributed by atoms with Crippen LogP contribution in [0.5, 0.6) is 0 Å². The number of aromatic amines is 1. The van der Waals surface area contributed by atoms with Crippen molar-refractivity contribution in [3.8, 4) is 11.5 Å². The van der Waals surface area contributed by atoms with Crippen molar-refractivity contribution in [3.63, 3.8) is 0 Å². The lowest BCUT2D eigenvalue weighted by molar-refractivity contribution is 0.0692. The molecule has 0 saturated carbocycles. The molecule has 0 unspecified atom stereocenters. The molecule has 4 heterocycles. The number of rotatable bonds is 2. The van der Waals surface area contributed by atoms with Gasteiger partial charge in [-0.3, -0.25) is 9.78 Å². The van der Waals surface area contributed by atoms with Gasteiger partial charge < -0.3 is 14.3 Å². The van der Waals surface area contributed by atoms with Gasteiger partial charge in [0.15, 0.2) is 0 Å². The van der Waals surface area contributed by atoms with E-state index in [9.17, 15) is 4.79 Å². The number of imidazole rings is 1. The van der Waals surface area contributed by atoms with E-state index >= 15 is 0 Å². The minimum Gasteiger partial charge on any atom is -0.412 e. The van der Waals surface area contributed by atoms with Gasteiger partial charge in [-0.2, -0.15) is 0 Å². The molecule has 1 amide bonds. The van der Waals surface area contributed by atoms with Gasteiger partial charge in [0.2, 0.25) is 5.89 Å². The minimum atomic E-state index is -0.275. The summed E-state index contributed by atoms with van der Waals surface area (Å²) in [4.78, 5) is 25.4. The Balaban J connectivity index is 1.56. The summed E-state index contributed by atoms with van der Waals surface area (Å²) in [6.07, 6.45) is 5.63. The third kappa shape index (κ3) is 2.14. The number of nitrogens with one attached hydrogen (secondary N) is 1. The van der Waals surface area contributed by atoms with E-state index in [0.717, 1.165) is 11.4 Å². The zero-order valence-electron chi connectivity index (χ0n) is 11.6. The number of amides is 1. The monoisotopic (exact) mass is 296 g/mol. The van der Waals surface area contributed by atoms with Gasteiger partial charge in [0, 0.05) is 25.4 Å². The van der Waals surface area contributed by atoms with E-state index < -0.39 is 0 Å². The molecule has 8 heteroatoms. The Morgan fingerprint density at radius 2 is 2.32 bits per heavy atom. The predicted molar refractivity (Wildman–Crippen MR) is 74.6 cm³/mol. The number of pyridine rings is 1. The number of hydrogen-bond acceptors (Lipinski definition) is 6. The smallest absolute Gasteiger partial charge is 0.311 e. The number of nitrogens with zero attached hydrogens (tertiary/aromatic N) is 5. The molecule has 0 atom stereocenters. The van der Waals surface area contributed by atoms with Crippen molar-refractivity contribution in [1.82, 2.24) is 30.0 Å². The maximum Gasteiger partial charge on any atom is 0.311 e. The van der Waals surface area contributed by atoms with Crippen molar-refractivity contribution >= 4 is 5.91 Å². The molecule has 0 bridgehead atoms. The standard InChI is InChI=1S/C14H12N6O2/c21-14(20-5-3-10-11(7-20)17-8-16-10)13-19-18-12(22-13)9-2-1-4-15-6-9/h1-2,4,6,8H,3,5,7H2,(H,16,17).